The Balaban J connectivity index is 1.60. The topological polar surface area (TPSA) is 148 Å². The minimum absolute atomic E-state index is 0.0690. The quantitative estimate of drug-likeness (QED) is 0.232. The number of carbonyl (C=O) groups is 3. The first kappa shape index (κ1) is 40.3. The number of hydrogen-bond donors (Lipinski definition) is 4. The van der Waals surface area contributed by atoms with Gasteiger partial charge in [0.15, 0.2) is 9.84 Å². The molecule has 6 atom stereocenters. The minimum atomic E-state index is -3.86. The van der Waals surface area contributed by atoms with Gasteiger partial charge in [-0.2, -0.15) is 0 Å². The zero-order valence-electron chi connectivity index (χ0n) is 31.4. The van der Waals surface area contributed by atoms with Crippen LogP contribution in [-0.2, 0) is 30.6 Å². The summed E-state index contributed by atoms with van der Waals surface area (Å²) in [6, 6.07) is 16.0. The summed E-state index contributed by atoms with van der Waals surface area (Å²) in [4.78, 5) is 45.1. The maximum absolute atomic E-state index is 14.2. The summed E-state index contributed by atoms with van der Waals surface area (Å²) in [5, 5.41) is 20.8. The molecule has 11 nitrogen and oxygen atoms in total. The van der Waals surface area contributed by atoms with E-state index in [2.05, 4.69) is 20.9 Å². The summed E-state index contributed by atoms with van der Waals surface area (Å²) in [5.74, 6) is -0.432. The van der Waals surface area contributed by atoms with Crippen LogP contribution in [0.15, 0.2) is 60.7 Å². The molecule has 4 rings (SSSR count). The van der Waals surface area contributed by atoms with Crippen LogP contribution in [0.2, 0.25) is 0 Å². The van der Waals surface area contributed by atoms with Gasteiger partial charge in [-0.3, -0.25) is 19.3 Å². The SMILES string of the molecule is CN(CC(=O)NC(C(=O)NC(Cc1ccccc1)C(O)CN1CC2CCCCC2CC1C(=O)NC(C)(C)C)C(C)(C)S(C)(=O)=O)c1ccccc1. The van der Waals surface area contributed by atoms with E-state index in [1.165, 1.54) is 13.8 Å². The summed E-state index contributed by atoms with van der Waals surface area (Å²) in [6.45, 7) is 9.39. The number of anilines is 1. The highest BCUT2D eigenvalue weighted by Crippen LogP contribution is 2.39. The first-order chi connectivity index (χ1) is 23.9. The van der Waals surface area contributed by atoms with Crippen LogP contribution in [0.4, 0.5) is 5.69 Å². The van der Waals surface area contributed by atoms with Gasteiger partial charge in [-0.05, 0) is 83.4 Å². The van der Waals surface area contributed by atoms with E-state index in [-0.39, 0.29) is 25.4 Å². The molecule has 6 unspecified atom stereocenters. The molecule has 1 saturated carbocycles. The van der Waals surface area contributed by atoms with Gasteiger partial charge in [0.2, 0.25) is 17.7 Å². The summed E-state index contributed by atoms with van der Waals surface area (Å²) < 4.78 is 24.5. The monoisotopic (exact) mass is 725 g/mol. The molecule has 0 bridgehead atoms. The number of carbonyl (C=O) groups excluding carboxylic acids is 3. The zero-order chi connectivity index (χ0) is 37.6. The molecule has 0 radical (unpaired) electrons. The highest BCUT2D eigenvalue weighted by molar-refractivity contribution is 7.92. The molecule has 12 heteroatoms. The summed E-state index contributed by atoms with van der Waals surface area (Å²) in [7, 11) is -2.12. The highest BCUT2D eigenvalue weighted by Gasteiger charge is 2.46. The van der Waals surface area contributed by atoms with Gasteiger partial charge in [-0.25, -0.2) is 8.42 Å². The Hall–Kier alpha value is -3.48. The predicted octanol–water partition coefficient (Wildman–Crippen LogP) is 3.31. The van der Waals surface area contributed by atoms with Crippen molar-refractivity contribution >= 4 is 33.2 Å². The van der Waals surface area contributed by atoms with Gasteiger partial charge in [0.05, 0.1) is 29.5 Å². The number of hydrogen-bond acceptors (Lipinski definition) is 8. The average Bonchev–Trinajstić information content (AvgIpc) is 3.06. The van der Waals surface area contributed by atoms with Crippen molar-refractivity contribution in [2.75, 3.05) is 37.8 Å². The van der Waals surface area contributed by atoms with Crippen LogP contribution in [0.1, 0.15) is 72.3 Å². The van der Waals surface area contributed by atoms with Crippen molar-refractivity contribution in [3.05, 3.63) is 66.2 Å². The number of aliphatic hydroxyl groups is 1. The molecule has 2 fully saturated rings. The van der Waals surface area contributed by atoms with Gasteiger partial charge in [0, 0.05) is 37.6 Å². The van der Waals surface area contributed by atoms with Crippen LogP contribution in [0.25, 0.3) is 0 Å². The van der Waals surface area contributed by atoms with Crippen LogP contribution >= 0.6 is 0 Å². The number of amides is 3. The minimum Gasteiger partial charge on any atom is -0.390 e. The van der Waals surface area contributed by atoms with Crippen LogP contribution in [0.5, 0.6) is 0 Å². The molecule has 3 amide bonds. The van der Waals surface area contributed by atoms with Crippen LogP contribution < -0.4 is 20.9 Å². The Bertz CT molecular complexity index is 1580. The number of nitrogens with zero attached hydrogens (tertiary/aromatic N) is 2. The lowest BCUT2D eigenvalue weighted by Crippen LogP contribution is -2.64. The molecule has 1 aliphatic heterocycles. The summed E-state index contributed by atoms with van der Waals surface area (Å²) in [5.41, 5.74) is 1.23. The maximum atomic E-state index is 14.2. The Morgan fingerprint density at radius 1 is 0.922 bits per heavy atom. The first-order valence-corrected chi connectivity index (χ1v) is 20.1. The molecular weight excluding hydrogens is 667 g/mol. The highest BCUT2D eigenvalue weighted by atomic mass is 32.2. The number of para-hydroxylation sites is 1. The lowest BCUT2D eigenvalue weighted by atomic mass is 9.72. The summed E-state index contributed by atoms with van der Waals surface area (Å²) in [6.07, 6.45) is 5.38. The normalized spacial score (nSPS) is 21.8. The summed E-state index contributed by atoms with van der Waals surface area (Å²) >= 11 is 0. The molecular formula is C39H59N5O6S. The Morgan fingerprint density at radius 2 is 1.51 bits per heavy atom. The number of β-amino-alcohol motifs (C(OH)–C–C–N with tert-alkyl or cyclic N) is 1. The molecule has 0 spiro atoms. The molecule has 282 valence electrons. The number of likely N-dealkylation sites (N-methyl/N-ethyl adjacent to an activating group) is 1. The third kappa shape index (κ3) is 11.0. The standard InChI is InChI=1S/C39H59N5O6S/c1-38(2,3)42-36(47)32-23-28-18-14-15-19-29(28)24-44(32)25-33(45)31(22-27-16-10-8-11-17-27)40-37(48)35(39(4,5)51(7,49)50)41-34(46)26-43(6)30-20-12-9-13-21-30/h8-13,16-17,20-21,28-29,31-33,35,45H,14-15,18-19,22-26H2,1-7H3,(H,40,48)(H,41,46)(H,42,47). The zero-order valence-corrected chi connectivity index (χ0v) is 32.2. The van der Waals surface area contributed by atoms with E-state index in [1.807, 2.05) is 81.4 Å². The number of benzene rings is 2. The molecule has 1 aliphatic carbocycles. The van der Waals surface area contributed by atoms with Crippen molar-refractivity contribution in [2.24, 2.45) is 11.8 Å². The van der Waals surface area contributed by atoms with Crippen LogP contribution in [-0.4, -0.2) is 104 Å². The van der Waals surface area contributed by atoms with Crippen molar-refractivity contribution in [2.45, 2.75) is 108 Å². The molecule has 2 aliphatic rings. The van der Waals surface area contributed by atoms with Gasteiger partial charge in [-0.1, -0.05) is 67.8 Å². The number of nitrogens with one attached hydrogen (secondary N) is 3. The van der Waals surface area contributed by atoms with E-state index in [1.54, 1.807) is 11.9 Å². The second kappa shape index (κ2) is 16.9. The van der Waals surface area contributed by atoms with Crippen molar-refractivity contribution in [1.82, 2.24) is 20.9 Å². The molecule has 51 heavy (non-hydrogen) atoms. The van der Waals surface area contributed by atoms with E-state index in [0.29, 0.717) is 24.8 Å². The van der Waals surface area contributed by atoms with E-state index < -0.39 is 56.2 Å². The van der Waals surface area contributed by atoms with Gasteiger partial charge in [-0.15, -0.1) is 0 Å². The lowest BCUT2D eigenvalue weighted by molar-refractivity contribution is -0.133. The van der Waals surface area contributed by atoms with E-state index in [9.17, 15) is 27.9 Å². The smallest absolute Gasteiger partial charge is 0.244 e. The van der Waals surface area contributed by atoms with Crippen molar-refractivity contribution < 1.29 is 27.9 Å². The van der Waals surface area contributed by atoms with Gasteiger partial charge in [0.25, 0.3) is 0 Å². The fourth-order valence-corrected chi connectivity index (χ4v) is 7.97. The Labute approximate surface area is 304 Å². The number of rotatable bonds is 14. The van der Waals surface area contributed by atoms with Gasteiger partial charge >= 0.3 is 0 Å². The van der Waals surface area contributed by atoms with E-state index in [0.717, 1.165) is 43.2 Å². The van der Waals surface area contributed by atoms with Crippen LogP contribution in [0, 0.1) is 11.8 Å². The largest absolute Gasteiger partial charge is 0.390 e. The fraction of sp³-hybridized carbons (Fsp3) is 0.615. The third-order valence-corrected chi connectivity index (χ3v) is 12.8. The maximum Gasteiger partial charge on any atom is 0.244 e. The van der Waals surface area contributed by atoms with Crippen molar-refractivity contribution in [1.29, 1.82) is 0 Å². The third-order valence-electron chi connectivity index (χ3n) is 10.6. The second-order valence-corrected chi connectivity index (χ2v) is 18.8. The van der Waals surface area contributed by atoms with Crippen molar-refractivity contribution in [3.63, 3.8) is 0 Å². The second-order valence-electron chi connectivity index (χ2n) is 16.2. The number of likely N-dealkylation sites (tertiary alicyclic amines) is 1. The van der Waals surface area contributed by atoms with Gasteiger partial charge in [0.1, 0.15) is 6.04 Å². The number of piperidine rings is 1. The first-order valence-electron chi connectivity index (χ1n) is 18.2. The Morgan fingerprint density at radius 3 is 2.10 bits per heavy atom. The van der Waals surface area contributed by atoms with Gasteiger partial charge < -0.3 is 26.0 Å². The molecule has 4 N–H and O–H groups in total. The van der Waals surface area contributed by atoms with E-state index in [4.69, 9.17) is 0 Å². The predicted molar refractivity (Wildman–Crippen MR) is 202 cm³/mol. The molecule has 1 saturated heterocycles. The Kier molecular flexibility index (Phi) is 13.4. The molecule has 2 aromatic carbocycles. The molecule has 0 aromatic heterocycles. The number of sulfone groups is 1. The van der Waals surface area contributed by atoms with E-state index >= 15 is 0 Å². The number of aliphatic hydroxyl groups excluding tert-OH is 1. The van der Waals surface area contributed by atoms with Crippen LogP contribution in [0.3, 0.4) is 0 Å². The fourth-order valence-electron chi connectivity index (χ4n) is 7.38. The average molecular weight is 726 g/mol. The lowest BCUT2D eigenvalue weighted by Gasteiger charge is -2.47. The molecule has 1 heterocycles. The molecule has 2 aromatic rings. The number of fused-ring (bicyclic) bond motifs is 1. The van der Waals surface area contributed by atoms with Crippen molar-refractivity contribution in [3.8, 4) is 0 Å².